The van der Waals surface area contributed by atoms with Gasteiger partial charge >= 0.3 is 0 Å². The second-order valence-electron chi connectivity index (χ2n) is 5.19. The van der Waals surface area contributed by atoms with Gasteiger partial charge in [0, 0.05) is 20.2 Å². The molecule has 2 heterocycles. The fourth-order valence-electron chi connectivity index (χ4n) is 2.42. The zero-order chi connectivity index (χ0) is 15.5. The number of sulfonamides is 1. The first kappa shape index (κ1) is 16.4. The first-order valence-corrected chi connectivity index (χ1v) is 8.63. The first-order chi connectivity index (χ1) is 9.92. The summed E-state index contributed by atoms with van der Waals surface area (Å²) in [7, 11) is -1.83. The van der Waals surface area contributed by atoms with Crippen LogP contribution in [0.4, 0.5) is 0 Å². The summed E-state index contributed by atoms with van der Waals surface area (Å²) in [6.07, 6.45) is 2.81. The molecule has 8 heteroatoms. The molecule has 1 aliphatic heterocycles. The lowest BCUT2D eigenvalue weighted by molar-refractivity contribution is -0.160. The molecule has 0 aromatic carbocycles. The Hall–Kier alpha value is -0.960. The van der Waals surface area contributed by atoms with E-state index in [1.807, 2.05) is 0 Å². The summed E-state index contributed by atoms with van der Waals surface area (Å²) in [6, 6.07) is 0. The van der Waals surface area contributed by atoms with E-state index in [0.717, 1.165) is 19.3 Å². The van der Waals surface area contributed by atoms with Crippen molar-refractivity contribution >= 4 is 10.0 Å². The largest absolute Gasteiger partial charge is 0.353 e. The lowest BCUT2D eigenvalue weighted by Gasteiger charge is -2.22. The van der Waals surface area contributed by atoms with E-state index in [9.17, 15) is 8.42 Å². The van der Waals surface area contributed by atoms with Crippen molar-refractivity contribution in [3.63, 3.8) is 0 Å². The number of aromatic nitrogens is 2. The molecule has 0 radical (unpaired) electrons. The van der Waals surface area contributed by atoms with Gasteiger partial charge in [-0.2, -0.15) is 5.10 Å². The Morgan fingerprint density at radius 3 is 2.76 bits per heavy atom. The van der Waals surface area contributed by atoms with Gasteiger partial charge < -0.3 is 9.47 Å². The highest BCUT2D eigenvalue weighted by molar-refractivity contribution is 7.89. The molecular weight excluding hydrogens is 294 g/mol. The number of hydrogen-bond acceptors (Lipinski definition) is 5. The van der Waals surface area contributed by atoms with Crippen LogP contribution in [0.5, 0.6) is 0 Å². The second kappa shape index (κ2) is 6.87. The maximum absolute atomic E-state index is 12.3. The summed E-state index contributed by atoms with van der Waals surface area (Å²) in [4.78, 5) is 0.249. The van der Waals surface area contributed by atoms with Crippen LogP contribution >= 0.6 is 0 Å². The van der Waals surface area contributed by atoms with Gasteiger partial charge in [0.15, 0.2) is 6.29 Å². The summed E-state index contributed by atoms with van der Waals surface area (Å²) in [5.41, 5.74) is 1.12. The summed E-state index contributed by atoms with van der Waals surface area (Å²) >= 11 is 0. The van der Waals surface area contributed by atoms with Crippen LogP contribution in [0.25, 0.3) is 0 Å². The van der Waals surface area contributed by atoms with Crippen molar-refractivity contribution in [2.45, 2.75) is 44.3 Å². The van der Waals surface area contributed by atoms with Crippen LogP contribution in [-0.2, 0) is 26.5 Å². The summed E-state index contributed by atoms with van der Waals surface area (Å²) in [5, 5.41) is 4.12. The van der Waals surface area contributed by atoms with E-state index in [-0.39, 0.29) is 17.7 Å². The van der Waals surface area contributed by atoms with Crippen LogP contribution in [0.2, 0.25) is 0 Å². The van der Waals surface area contributed by atoms with Crippen LogP contribution in [-0.4, -0.2) is 44.2 Å². The molecule has 0 bridgehead atoms. The molecule has 1 aromatic heterocycles. The average Bonchev–Trinajstić information content (AvgIpc) is 2.70. The SMILES string of the molecule is Cc1nn(C)c(C)c1S(=O)(=O)NCCOC1CCCCO1. The molecule has 0 saturated carbocycles. The van der Waals surface area contributed by atoms with Crippen molar-refractivity contribution in [3.8, 4) is 0 Å². The normalized spacial score (nSPS) is 19.9. The molecule has 1 saturated heterocycles. The van der Waals surface area contributed by atoms with E-state index in [2.05, 4.69) is 9.82 Å². The van der Waals surface area contributed by atoms with Crippen molar-refractivity contribution < 1.29 is 17.9 Å². The Morgan fingerprint density at radius 1 is 1.43 bits per heavy atom. The minimum atomic E-state index is -3.56. The van der Waals surface area contributed by atoms with E-state index in [0.29, 0.717) is 24.6 Å². The summed E-state index contributed by atoms with van der Waals surface area (Å²) in [5.74, 6) is 0. The Bertz CT molecular complexity index is 576. The Kier molecular flexibility index (Phi) is 5.37. The smallest absolute Gasteiger partial charge is 0.244 e. The van der Waals surface area contributed by atoms with Gasteiger partial charge in [-0.3, -0.25) is 4.68 Å². The fraction of sp³-hybridized carbons (Fsp3) is 0.769. The minimum absolute atomic E-state index is 0.204. The van der Waals surface area contributed by atoms with E-state index in [4.69, 9.17) is 9.47 Å². The summed E-state index contributed by atoms with van der Waals surface area (Å²) < 4.78 is 39.6. The Labute approximate surface area is 125 Å². The molecule has 0 amide bonds. The van der Waals surface area contributed by atoms with E-state index in [1.54, 1.807) is 25.6 Å². The lowest BCUT2D eigenvalue weighted by Crippen LogP contribution is -2.31. The molecular formula is C13H23N3O4S. The zero-order valence-electron chi connectivity index (χ0n) is 12.8. The van der Waals surface area contributed by atoms with Crippen molar-refractivity contribution in [2.24, 2.45) is 7.05 Å². The highest BCUT2D eigenvalue weighted by Crippen LogP contribution is 2.18. The molecule has 1 N–H and O–H groups in total. The number of ether oxygens (including phenoxy) is 2. The highest BCUT2D eigenvalue weighted by atomic mass is 32.2. The Balaban J connectivity index is 1.86. The monoisotopic (exact) mass is 317 g/mol. The van der Waals surface area contributed by atoms with Crippen molar-refractivity contribution in [1.82, 2.24) is 14.5 Å². The molecule has 2 rings (SSSR count). The third-order valence-electron chi connectivity index (χ3n) is 3.55. The molecule has 1 aromatic rings. The van der Waals surface area contributed by atoms with Gasteiger partial charge in [-0.05, 0) is 33.1 Å². The zero-order valence-corrected chi connectivity index (χ0v) is 13.6. The topological polar surface area (TPSA) is 82.5 Å². The number of nitrogens with zero attached hydrogens (tertiary/aromatic N) is 2. The molecule has 120 valence electrons. The second-order valence-corrected chi connectivity index (χ2v) is 6.89. The van der Waals surface area contributed by atoms with Crippen molar-refractivity contribution in [3.05, 3.63) is 11.4 Å². The molecule has 7 nitrogen and oxygen atoms in total. The third-order valence-corrected chi connectivity index (χ3v) is 5.26. The van der Waals surface area contributed by atoms with Crippen LogP contribution in [0, 0.1) is 13.8 Å². The highest BCUT2D eigenvalue weighted by Gasteiger charge is 2.23. The standard InChI is InChI=1S/C13H23N3O4S/c1-10-13(11(2)16(3)15-10)21(17,18)14-7-9-20-12-6-4-5-8-19-12/h12,14H,4-9H2,1-3H3. The third kappa shape index (κ3) is 4.03. The number of rotatable bonds is 6. The van der Waals surface area contributed by atoms with E-state index in [1.165, 1.54) is 0 Å². The van der Waals surface area contributed by atoms with Gasteiger partial charge in [0.2, 0.25) is 10.0 Å². The maximum Gasteiger partial charge on any atom is 0.244 e. The molecule has 1 unspecified atom stereocenters. The number of hydrogen-bond donors (Lipinski definition) is 1. The predicted molar refractivity (Wildman–Crippen MR) is 77.4 cm³/mol. The Morgan fingerprint density at radius 2 is 2.19 bits per heavy atom. The fourth-order valence-corrected chi connectivity index (χ4v) is 3.87. The van der Waals surface area contributed by atoms with Crippen molar-refractivity contribution in [1.29, 1.82) is 0 Å². The molecule has 0 spiro atoms. The van der Waals surface area contributed by atoms with Crippen LogP contribution in [0.15, 0.2) is 4.90 Å². The van der Waals surface area contributed by atoms with Crippen molar-refractivity contribution in [2.75, 3.05) is 19.8 Å². The van der Waals surface area contributed by atoms with Crippen LogP contribution in [0.1, 0.15) is 30.7 Å². The molecule has 1 aliphatic rings. The maximum atomic E-state index is 12.3. The average molecular weight is 317 g/mol. The van der Waals surface area contributed by atoms with Gasteiger partial charge in [-0.1, -0.05) is 0 Å². The molecule has 1 fully saturated rings. The van der Waals surface area contributed by atoms with Gasteiger partial charge in [0.05, 0.1) is 18.0 Å². The number of aryl methyl sites for hydroxylation is 2. The van der Waals surface area contributed by atoms with E-state index < -0.39 is 10.0 Å². The van der Waals surface area contributed by atoms with Crippen LogP contribution < -0.4 is 4.72 Å². The molecule has 21 heavy (non-hydrogen) atoms. The molecule has 0 aliphatic carbocycles. The predicted octanol–water partition coefficient (Wildman–Crippen LogP) is 0.858. The van der Waals surface area contributed by atoms with Gasteiger partial charge in [0.1, 0.15) is 4.90 Å². The summed E-state index contributed by atoms with van der Waals surface area (Å²) in [6.45, 7) is 4.65. The van der Waals surface area contributed by atoms with Gasteiger partial charge in [-0.25, -0.2) is 13.1 Å². The molecule has 1 atom stereocenters. The quantitative estimate of drug-likeness (QED) is 0.787. The minimum Gasteiger partial charge on any atom is -0.353 e. The lowest BCUT2D eigenvalue weighted by atomic mass is 10.2. The number of nitrogens with one attached hydrogen (secondary N) is 1. The van der Waals surface area contributed by atoms with Crippen LogP contribution in [0.3, 0.4) is 0 Å². The van der Waals surface area contributed by atoms with Gasteiger partial charge in [0.25, 0.3) is 0 Å². The first-order valence-electron chi connectivity index (χ1n) is 7.15. The van der Waals surface area contributed by atoms with Gasteiger partial charge in [-0.15, -0.1) is 0 Å². The van der Waals surface area contributed by atoms with E-state index >= 15 is 0 Å².